The Balaban J connectivity index is 2.49. The number of carboxylic acid groups (broad SMARTS) is 1. The molecule has 0 fully saturated rings. The summed E-state index contributed by atoms with van der Waals surface area (Å²) in [6, 6.07) is 7.89. The van der Waals surface area contributed by atoms with Gasteiger partial charge in [-0.2, -0.15) is 0 Å². The van der Waals surface area contributed by atoms with E-state index in [4.69, 9.17) is 5.11 Å². The number of carbonyl (C=O) groups is 1. The number of aromatic nitrogens is 1. The maximum atomic E-state index is 10.9. The highest BCUT2D eigenvalue weighted by molar-refractivity contribution is 7.17. The number of hydrogen-bond acceptors (Lipinski definition) is 3. The first-order chi connectivity index (χ1) is 7.58. The molecular weight excluding hydrogens is 222 g/mol. The van der Waals surface area contributed by atoms with E-state index in [0.29, 0.717) is 10.6 Å². The Kier molecular flexibility index (Phi) is 2.75. The molecule has 2 rings (SSSR count). The minimum absolute atomic E-state index is 0.316. The fraction of sp³-hybridized carbons (Fsp3) is 0.167. The molecule has 82 valence electrons. The number of rotatable bonds is 2. The summed E-state index contributed by atoms with van der Waals surface area (Å²) >= 11 is 1.22. The van der Waals surface area contributed by atoms with Crippen molar-refractivity contribution in [1.82, 2.24) is 4.98 Å². The molecule has 3 nitrogen and oxygen atoms in total. The molecule has 16 heavy (non-hydrogen) atoms. The second-order valence-electron chi connectivity index (χ2n) is 3.61. The van der Waals surface area contributed by atoms with Gasteiger partial charge in [0.2, 0.25) is 0 Å². The molecule has 4 heteroatoms. The molecule has 0 aliphatic carbocycles. The number of aromatic carboxylic acids is 1. The van der Waals surface area contributed by atoms with Crippen LogP contribution in [0.3, 0.4) is 0 Å². The monoisotopic (exact) mass is 233 g/mol. The molecule has 0 amide bonds. The van der Waals surface area contributed by atoms with Gasteiger partial charge in [-0.05, 0) is 19.9 Å². The summed E-state index contributed by atoms with van der Waals surface area (Å²) < 4.78 is 0. The zero-order valence-corrected chi connectivity index (χ0v) is 9.84. The third-order valence-electron chi connectivity index (χ3n) is 2.26. The fourth-order valence-electron chi connectivity index (χ4n) is 1.50. The quantitative estimate of drug-likeness (QED) is 0.867. The van der Waals surface area contributed by atoms with Crippen molar-refractivity contribution in [3.63, 3.8) is 0 Å². The second kappa shape index (κ2) is 4.06. The van der Waals surface area contributed by atoms with E-state index in [1.54, 1.807) is 6.92 Å². The third-order valence-corrected chi connectivity index (χ3v) is 3.45. The Bertz CT molecular complexity index is 546. The molecular formula is C12H11NO2S. The Labute approximate surface area is 97.4 Å². The molecule has 0 atom stereocenters. The molecule has 0 aliphatic rings. The summed E-state index contributed by atoms with van der Waals surface area (Å²) in [6.45, 7) is 3.72. The van der Waals surface area contributed by atoms with Crippen LogP contribution in [0.2, 0.25) is 0 Å². The standard InChI is InChI=1S/C12H11NO2S/c1-7-4-3-5-9(6-7)11-13-8(2)10(16-11)12(14)15/h3-6H,1-2H3,(H,14,15). The van der Waals surface area contributed by atoms with Crippen LogP contribution >= 0.6 is 11.3 Å². The number of aryl methyl sites for hydroxylation is 2. The van der Waals surface area contributed by atoms with Gasteiger partial charge in [-0.1, -0.05) is 23.8 Å². The van der Waals surface area contributed by atoms with Crippen LogP contribution < -0.4 is 0 Å². The van der Waals surface area contributed by atoms with Crippen LogP contribution in [0.1, 0.15) is 20.9 Å². The van der Waals surface area contributed by atoms with Gasteiger partial charge in [0.05, 0.1) is 5.69 Å². The lowest BCUT2D eigenvalue weighted by Crippen LogP contribution is -1.94. The zero-order valence-electron chi connectivity index (χ0n) is 9.02. The van der Waals surface area contributed by atoms with Crippen molar-refractivity contribution in [2.24, 2.45) is 0 Å². The third kappa shape index (κ3) is 1.97. The van der Waals surface area contributed by atoms with E-state index in [1.807, 2.05) is 31.2 Å². The van der Waals surface area contributed by atoms with Crippen LogP contribution in [0, 0.1) is 13.8 Å². The first kappa shape index (κ1) is 10.8. The van der Waals surface area contributed by atoms with Gasteiger partial charge in [0.1, 0.15) is 9.88 Å². The van der Waals surface area contributed by atoms with Crippen molar-refractivity contribution < 1.29 is 9.90 Å². The van der Waals surface area contributed by atoms with E-state index in [9.17, 15) is 4.79 Å². The number of benzene rings is 1. The Hall–Kier alpha value is -1.68. The van der Waals surface area contributed by atoms with E-state index in [2.05, 4.69) is 4.98 Å². The summed E-state index contributed by atoms with van der Waals surface area (Å²) in [6.07, 6.45) is 0. The average Bonchev–Trinajstić information content (AvgIpc) is 2.60. The molecule has 0 spiro atoms. The molecule has 0 aliphatic heterocycles. The van der Waals surface area contributed by atoms with E-state index >= 15 is 0 Å². The second-order valence-corrected chi connectivity index (χ2v) is 4.61. The minimum atomic E-state index is -0.908. The first-order valence-electron chi connectivity index (χ1n) is 4.85. The molecule has 1 aromatic heterocycles. The molecule has 1 heterocycles. The number of nitrogens with zero attached hydrogens (tertiary/aromatic N) is 1. The number of hydrogen-bond donors (Lipinski definition) is 1. The molecule has 0 unspecified atom stereocenters. The minimum Gasteiger partial charge on any atom is -0.477 e. The molecule has 0 radical (unpaired) electrons. The van der Waals surface area contributed by atoms with Gasteiger partial charge in [0, 0.05) is 5.56 Å². The molecule has 0 saturated carbocycles. The van der Waals surface area contributed by atoms with Crippen molar-refractivity contribution in [1.29, 1.82) is 0 Å². The summed E-state index contributed by atoms with van der Waals surface area (Å²) in [5.41, 5.74) is 2.69. The number of carboxylic acids is 1. The molecule has 1 N–H and O–H groups in total. The summed E-state index contributed by atoms with van der Waals surface area (Å²) in [4.78, 5) is 15.5. The van der Waals surface area contributed by atoms with Gasteiger partial charge in [-0.25, -0.2) is 9.78 Å². The first-order valence-corrected chi connectivity index (χ1v) is 5.67. The maximum Gasteiger partial charge on any atom is 0.347 e. The van der Waals surface area contributed by atoms with E-state index < -0.39 is 5.97 Å². The normalized spacial score (nSPS) is 10.4. The predicted molar refractivity (Wildman–Crippen MR) is 64.0 cm³/mol. The van der Waals surface area contributed by atoms with E-state index in [1.165, 1.54) is 11.3 Å². The summed E-state index contributed by atoms with van der Waals surface area (Å²) in [7, 11) is 0. The van der Waals surface area contributed by atoms with Gasteiger partial charge in [0.25, 0.3) is 0 Å². The Morgan fingerprint density at radius 3 is 2.69 bits per heavy atom. The number of thiazole rings is 1. The highest BCUT2D eigenvalue weighted by Crippen LogP contribution is 2.28. The Morgan fingerprint density at radius 2 is 2.12 bits per heavy atom. The lowest BCUT2D eigenvalue weighted by atomic mass is 10.1. The van der Waals surface area contributed by atoms with Gasteiger partial charge in [0.15, 0.2) is 0 Å². The highest BCUT2D eigenvalue weighted by Gasteiger charge is 2.14. The van der Waals surface area contributed by atoms with Crippen LogP contribution in [0.4, 0.5) is 0 Å². The van der Waals surface area contributed by atoms with Crippen LogP contribution in [0.5, 0.6) is 0 Å². The van der Waals surface area contributed by atoms with Gasteiger partial charge in [-0.3, -0.25) is 0 Å². The molecule has 1 aromatic carbocycles. The zero-order chi connectivity index (χ0) is 11.7. The molecule has 0 bridgehead atoms. The van der Waals surface area contributed by atoms with Crippen molar-refractivity contribution in [3.05, 3.63) is 40.4 Å². The van der Waals surface area contributed by atoms with Crippen molar-refractivity contribution in [3.8, 4) is 10.6 Å². The topological polar surface area (TPSA) is 50.2 Å². The maximum absolute atomic E-state index is 10.9. The summed E-state index contributed by atoms with van der Waals surface area (Å²) in [5, 5.41) is 9.71. The van der Waals surface area contributed by atoms with Crippen LogP contribution in [-0.4, -0.2) is 16.1 Å². The van der Waals surface area contributed by atoms with Crippen molar-refractivity contribution in [2.75, 3.05) is 0 Å². The van der Waals surface area contributed by atoms with E-state index in [0.717, 1.165) is 16.1 Å². The van der Waals surface area contributed by atoms with Gasteiger partial charge >= 0.3 is 5.97 Å². The van der Waals surface area contributed by atoms with Crippen molar-refractivity contribution >= 4 is 17.3 Å². The fourth-order valence-corrected chi connectivity index (χ4v) is 2.40. The summed E-state index contributed by atoms with van der Waals surface area (Å²) in [5.74, 6) is -0.908. The van der Waals surface area contributed by atoms with Crippen molar-refractivity contribution in [2.45, 2.75) is 13.8 Å². The lowest BCUT2D eigenvalue weighted by molar-refractivity contribution is 0.0701. The van der Waals surface area contributed by atoms with Crippen LogP contribution in [0.15, 0.2) is 24.3 Å². The molecule has 2 aromatic rings. The Morgan fingerprint density at radius 1 is 1.38 bits per heavy atom. The lowest BCUT2D eigenvalue weighted by Gasteiger charge is -1.96. The molecule has 0 saturated heterocycles. The van der Waals surface area contributed by atoms with Crippen LogP contribution in [-0.2, 0) is 0 Å². The average molecular weight is 233 g/mol. The van der Waals surface area contributed by atoms with Gasteiger partial charge in [-0.15, -0.1) is 11.3 Å². The van der Waals surface area contributed by atoms with Crippen LogP contribution in [0.25, 0.3) is 10.6 Å². The SMILES string of the molecule is Cc1cccc(-c2nc(C)c(C(=O)O)s2)c1. The largest absolute Gasteiger partial charge is 0.477 e. The van der Waals surface area contributed by atoms with Gasteiger partial charge < -0.3 is 5.11 Å². The highest BCUT2D eigenvalue weighted by atomic mass is 32.1. The predicted octanol–water partition coefficient (Wildman–Crippen LogP) is 3.13. The smallest absolute Gasteiger partial charge is 0.347 e. The van der Waals surface area contributed by atoms with E-state index in [-0.39, 0.29) is 0 Å².